The molecule has 0 unspecified atom stereocenters. The molecule has 6 nitrogen and oxygen atoms in total. The lowest BCUT2D eigenvalue weighted by Crippen LogP contribution is -2.45. The first-order valence-corrected chi connectivity index (χ1v) is 9.32. The minimum Gasteiger partial charge on any atom is -0.484 e. The van der Waals surface area contributed by atoms with E-state index >= 15 is 0 Å². The summed E-state index contributed by atoms with van der Waals surface area (Å²) >= 11 is 3.53. The highest BCUT2D eigenvalue weighted by Crippen LogP contribution is 2.26. The summed E-state index contributed by atoms with van der Waals surface area (Å²) in [6.07, 6.45) is 0.978. The third-order valence-corrected chi connectivity index (χ3v) is 5.60. The summed E-state index contributed by atoms with van der Waals surface area (Å²) in [7, 11) is 2.16. The summed E-state index contributed by atoms with van der Waals surface area (Å²) in [6, 6.07) is 3.88. The van der Waals surface area contributed by atoms with Crippen LogP contribution in [0.4, 0.5) is 0 Å². The van der Waals surface area contributed by atoms with Crippen molar-refractivity contribution in [3.8, 4) is 5.75 Å². The molecule has 1 fully saturated rings. The first-order valence-electron chi connectivity index (χ1n) is 8.53. The van der Waals surface area contributed by atoms with Crippen LogP contribution in [-0.4, -0.2) is 74.1 Å². The zero-order valence-electron chi connectivity index (χ0n) is 16.2. The maximum absolute atomic E-state index is 11.9. The molecule has 0 radical (unpaired) electrons. The number of halogens is 3. The molecule has 1 saturated heterocycles. The number of aryl methyl sites for hydroxylation is 2. The standard InChI is InChI=1S/C18H28BrN3O2.2ClH.H2O/c1-14-11-16(12-15(2)18(14)19)24-13-17(23)20-5-4-6-22-9-7-21(3)8-10-22;;;/h11-12H,4-10,13H2,1-3H3,(H,20,23);2*1H;1H2. The van der Waals surface area contributed by atoms with E-state index in [1.54, 1.807) is 0 Å². The van der Waals surface area contributed by atoms with Crippen LogP contribution >= 0.6 is 40.7 Å². The number of nitrogens with zero attached hydrogens (tertiary/aromatic N) is 2. The Morgan fingerprint density at radius 3 is 2.26 bits per heavy atom. The molecule has 0 spiro atoms. The highest BCUT2D eigenvalue weighted by atomic mass is 79.9. The number of piperazine rings is 1. The van der Waals surface area contributed by atoms with Crippen LogP contribution in [0, 0.1) is 13.8 Å². The quantitative estimate of drug-likeness (QED) is 0.597. The van der Waals surface area contributed by atoms with E-state index in [-0.39, 0.29) is 42.8 Å². The Bertz CT molecular complexity index is 548. The molecule has 1 amide bonds. The molecular weight excluding hydrogens is 457 g/mol. The zero-order chi connectivity index (χ0) is 17.5. The van der Waals surface area contributed by atoms with E-state index in [9.17, 15) is 4.79 Å². The smallest absolute Gasteiger partial charge is 0.257 e. The second kappa shape index (κ2) is 14.4. The van der Waals surface area contributed by atoms with Crippen molar-refractivity contribution < 1.29 is 15.0 Å². The Kier molecular flexibility index (Phi) is 15.3. The van der Waals surface area contributed by atoms with Crippen molar-refractivity contribution >= 4 is 46.7 Å². The lowest BCUT2D eigenvalue weighted by atomic mass is 10.1. The summed E-state index contributed by atoms with van der Waals surface area (Å²) < 4.78 is 6.68. The van der Waals surface area contributed by atoms with Crippen molar-refractivity contribution in [1.82, 2.24) is 15.1 Å². The fourth-order valence-electron chi connectivity index (χ4n) is 2.79. The summed E-state index contributed by atoms with van der Waals surface area (Å²) in [5.74, 6) is 0.674. The van der Waals surface area contributed by atoms with Gasteiger partial charge in [0.15, 0.2) is 6.61 Å². The minimum absolute atomic E-state index is 0. The molecule has 1 aliphatic rings. The summed E-state index contributed by atoms with van der Waals surface area (Å²) in [4.78, 5) is 16.7. The Morgan fingerprint density at radius 1 is 1.15 bits per heavy atom. The largest absolute Gasteiger partial charge is 0.484 e. The van der Waals surface area contributed by atoms with Crippen LogP contribution in [0.1, 0.15) is 17.5 Å². The van der Waals surface area contributed by atoms with E-state index in [0.717, 1.165) is 60.5 Å². The van der Waals surface area contributed by atoms with Crippen molar-refractivity contribution in [2.75, 3.05) is 52.9 Å². The second-order valence-electron chi connectivity index (χ2n) is 6.51. The Morgan fingerprint density at radius 2 is 1.70 bits per heavy atom. The lowest BCUT2D eigenvalue weighted by Gasteiger charge is -2.32. The maximum atomic E-state index is 11.9. The second-order valence-corrected chi connectivity index (χ2v) is 7.30. The molecule has 27 heavy (non-hydrogen) atoms. The van der Waals surface area contributed by atoms with Crippen molar-refractivity contribution in [2.45, 2.75) is 20.3 Å². The minimum atomic E-state index is -0.0633. The van der Waals surface area contributed by atoms with E-state index in [4.69, 9.17) is 4.74 Å². The van der Waals surface area contributed by atoms with Crippen LogP contribution in [-0.2, 0) is 4.79 Å². The molecule has 158 valence electrons. The number of hydrogen-bond acceptors (Lipinski definition) is 4. The summed E-state index contributed by atoms with van der Waals surface area (Å²) in [5, 5.41) is 2.93. The topological polar surface area (TPSA) is 76.3 Å². The first kappa shape index (κ1) is 28.6. The average molecular weight is 489 g/mol. The number of carbonyl (C=O) groups is 1. The predicted molar refractivity (Wildman–Crippen MR) is 119 cm³/mol. The predicted octanol–water partition coefficient (Wildman–Crippen LogP) is 2.22. The van der Waals surface area contributed by atoms with Gasteiger partial charge in [0, 0.05) is 37.2 Å². The number of hydrogen-bond donors (Lipinski definition) is 1. The number of likely N-dealkylation sites (N-methyl/N-ethyl adjacent to an activating group) is 1. The number of nitrogens with one attached hydrogen (secondary N) is 1. The van der Waals surface area contributed by atoms with Crippen LogP contribution in [0.5, 0.6) is 5.75 Å². The van der Waals surface area contributed by atoms with E-state index in [0.29, 0.717) is 6.54 Å². The monoisotopic (exact) mass is 487 g/mol. The highest BCUT2D eigenvalue weighted by molar-refractivity contribution is 9.10. The molecule has 1 aliphatic heterocycles. The van der Waals surface area contributed by atoms with Crippen molar-refractivity contribution in [1.29, 1.82) is 0 Å². The molecule has 0 bridgehead atoms. The third kappa shape index (κ3) is 9.96. The molecule has 2 rings (SSSR count). The van der Waals surface area contributed by atoms with Gasteiger partial charge < -0.3 is 25.3 Å². The van der Waals surface area contributed by atoms with Crippen LogP contribution in [0.15, 0.2) is 16.6 Å². The van der Waals surface area contributed by atoms with Gasteiger partial charge in [0.1, 0.15) is 5.75 Å². The number of ether oxygens (including phenoxy) is 1. The van der Waals surface area contributed by atoms with Gasteiger partial charge in [0.05, 0.1) is 0 Å². The van der Waals surface area contributed by atoms with Crippen molar-refractivity contribution in [3.63, 3.8) is 0 Å². The van der Waals surface area contributed by atoms with Crippen LogP contribution < -0.4 is 10.1 Å². The van der Waals surface area contributed by atoms with Gasteiger partial charge in [-0.3, -0.25) is 4.79 Å². The van der Waals surface area contributed by atoms with Gasteiger partial charge in [-0.25, -0.2) is 0 Å². The SMILES string of the molecule is Cc1cc(OCC(=O)NCCCN2CCN(C)CC2)cc(C)c1Br.Cl.Cl.O. The van der Waals surface area contributed by atoms with Crippen LogP contribution in [0.25, 0.3) is 0 Å². The molecule has 0 aromatic heterocycles. The number of carbonyl (C=O) groups excluding carboxylic acids is 1. The van der Waals surface area contributed by atoms with E-state index < -0.39 is 0 Å². The van der Waals surface area contributed by atoms with Gasteiger partial charge in [0.25, 0.3) is 5.91 Å². The summed E-state index contributed by atoms with van der Waals surface area (Å²) in [6.45, 7) is 10.3. The molecule has 3 N–H and O–H groups in total. The fourth-order valence-corrected chi connectivity index (χ4v) is 3.02. The molecule has 9 heteroatoms. The normalized spacial score (nSPS) is 14.4. The van der Waals surface area contributed by atoms with Gasteiger partial charge in [-0.2, -0.15) is 0 Å². The summed E-state index contributed by atoms with van der Waals surface area (Å²) in [5.41, 5.74) is 2.22. The van der Waals surface area contributed by atoms with Gasteiger partial charge >= 0.3 is 0 Å². The number of rotatable bonds is 7. The lowest BCUT2D eigenvalue weighted by molar-refractivity contribution is -0.123. The molecular formula is C18H32BrCl2N3O3. The first-order chi connectivity index (χ1) is 11.5. The molecule has 0 saturated carbocycles. The van der Waals surface area contributed by atoms with Gasteiger partial charge in [-0.15, -0.1) is 24.8 Å². The van der Waals surface area contributed by atoms with Crippen molar-refractivity contribution in [3.05, 3.63) is 27.7 Å². The van der Waals surface area contributed by atoms with Gasteiger partial charge in [0.2, 0.25) is 0 Å². The maximum Gasteiger partial charge on any atom is 0.257 e. The molecule has 1 aromatic carbocycles. The van der Waals surface area contributed by atoms with Gasteiger partial charge in [-0.1, -0.05) is 15.9 Å². The Labute approximate surface area is 183 Å². The van der Waals surface area contributed by atoms with E-state index in [2.05, 4.69) is 38.1 Å². The third-order valence-electron chi connectivity index (χ3n) is 4.35. The Balaban J connectivity index is 0. The van der Waals surface area contributed by atoms with Gasteiger partial charge in [-0.05, 0) is 57.1 Å². The van der Waals surface area contributed by atoms with Crippen LogP contribution in [0.3, 0.4) is 0 Å². The Hall–Kier alpha value is -0.570. The van der Waals surface area contributed by atoms with E-state index in [1.807, 2.05) is 26.0 Å². The molecule has 1 aromatic rings. The number of amides is 1. The highest BCUT2D eigenvalue weighted by Gasteiger charge is 2.13. The molecule has 0 atom stereocenters. The number of benzene rings is 1. The molecule has 0 aliphatic carbocycles. The van der Waals surface area contributed by atoms with E-state index in [1.165, 1.54) is 0 Å². The van der Waals surface area contributed by atoms with Crippen LogP contribution in [0.2, 0.25) is 0 Å². The zero-order valence-corrected chi connectivity index (χ0v) is 19.4. The molecule has 1 heterocycles. The fraction of sp³-hybridized carbons (Fsp3) is 0.611. The van der Waals surface area contributed by atoms with Crippen molar-refractivity contribution in [2.24, 2.45) is 0 Å². The average Bonchev–Trinajstić information content (AvgIpc) is 2.56.